The lowest BCUT2D eigenvalue weighted by Gasteiger charge is -2.09. The molecule has 0 aliphatic carbocycles. The first-order valence-corrected chi connectivity index (χ1v) is 4.11. The summed E-state index contributed by atoms with van der Waals surface area (Å²) < 4.78 is 0. The van der Waals surface area contributed by atoms with Crippen LogP contribution in [0.5, 0.6) is 0 Å². The van der Waals surface area contributed by atoms with E-state index in [2.05, 4.69) is 13.0 Å². The highest BCUT2D eigenvalue weighted by molar-refractivity contribution is 5.54. The van der Waals surface area contributed by atoms with E-state index in [0.29, 0.717) is 0 Å². The molecule has 0 rings (SSSR count). The molecule has 0 aromatic heterocycles. The van der Waals surface area contributed by atoms with Crippen LogP contribution in [0.4, 0.5) is 0 Å². The van der Waals surface area contributed by atoms with Crippen LogP contribution in [0.1, 0.15) is 33.1 Å². The van der Waals surface area contributed by atoms with Gasteiger partial charge in [0.1, 0.15) is 6.29 Å². The van der Waals surface area contributed by atoms with Crippen molar-refractivity contribution in [1.29, 1.82) is 5.26 Å². The van der Waals surface area contributed by atoms with Gasteiger partial charge in [0.15, 0.2) is 0 Å². The lowest BCUT2D eigenvalue weighted by atomic mass is 9.92. The van der Waals surface area contributed by atoms with Crippen molar-refractivity contribution in [3.8, 4) is 6.07 Å². The Hall–Kier alpha value is -0.840. The first kappa shape index (κ1) is 10.2. The first-order valence-electron chi connectivity index (χ1n) is 4.11. The van der Waals surface area contributed by atoms with Gasteiger partial charge in [-0.25, -0.2) is 0 Å². The molecule has 0 spiro atoms. The molecule has 0 bridgehead atoms. The van der Waals surface area contributed by atoms with E-state index in [1.165, 1.54) is 0 Å². The number of unbranched alkanes of at least 4 members (excludes halogenated alkanes) is 1. The lowest BCUT2D eigenvalue weighted by molar-refractivity contribution is -0.111. The predicted octanol–water partition coefficient (Wildman–Crippen LogP) is 2.15. The zero-order chi connectivity index (χ0) is 8.69. The third kappa shape index (κ3) is 3.77. The molecule has 11 heavy (non-hydrogen) atoms. The fraction of sp³-hybridized carbons (Fsp3) is 0.778. The Balaban J connectivity index is 3.77. The molecule has 2 atom stereocenters. The molecular weight excluding hydrogens is 138 g/mol. The maximum Gasteiger partial charge on any atom is 0.124 e. The van der Waals surface area contributed by atoms with Crippen molar-refractivity contribution in [2.45, 2.75) is 33.1 Å². The molecule has 0 aromatic carbocycles. The minimum atomic E-state index is -0.105. The molecule has 0 aromatic rings. The van der Waals surface area contributed by atoms with Crippen molar-refractivity contribution in [3.63, 3.8) is 0 Å². The summed E-state index contributed by atoms with van der Waals surface area (Å²) in [7, 11) is 0. The Morgan fingerprint density at radius 1 is 1.64 bits per heavy atom. The van der Waals surface area contributed by atoms with Gasteiger partial charge in [0.2, 0.25) is 0 Å². The van der Waals surface area contributed by atoms with Gasteiger partial charge in [-0.3, -0.25) is 0 Å². The zero-order valence-electron chi connectivity index (χ0n) is 7.21. The van der Waals surface area contributed by atoms with Crippen molar-refractivity contribution in [1.82, 2.24) is 0 Å². The van der Waals surface area contributed by atoms with Gasteiger partial charge in [0.25, 0.3) is 0 Å². The number of carbonyl (C=O) groups excluding carboxylic acids is 1. The Morgan fingerprint density at radius 3 is 2.64 bits per heavy atom. The zero-order valence-corrected chi connectivity index (χ0v) is 7.21. The molecule has 0 fully saturated rings. The lowest BCUT2D eigenvalue weighted by Crippen LogP contribution is -2.10. The molecule has 0 radical (unpaired) electrons. The molecule has 0 aliphatic heterocycles. The fourth-order valence-electron chi connectivity index (χ4n) is 0.964. The van der Waals surface area contributed by atoms with Gasteiger partial charge in [-0.1, -0.05) is 26.7 Å². The van der Waals surface area contributed by atoms with Crippen LogP contribution >= 0.6 is 0 Å². The molecule has 2 heteroatoms. The summed E-state index contributed by atoms with van der Waals surface area (Å²) in [6, 6.07) is 2.16. The summed E-state index contributed by atoms with van der Waals surface area (Å²) in [5.41, 5.74) is 0. The van der Waals surface area contributed by atoms with Gasteiger partial charge in [-0.15, -0.1) is 0 Å². The van der Waals surface area contributed by atoms with Crippen LogP contribution in [0.2, 0.25) is 0 Å². The number of aldehydes is 1. The molecule has 0 heterocycles. The minimum absolute atomic E-state index is 0.0764. The topological polar surface area (TPSA) is 40.9 Å². The van der Waals surface area contributed by atoms with E-state index in [1.54, 1.807) is 6.92 Å². The second-order valence-electron chi connectivity index (χ2n) is 2.87. The van der Waals surface area contributed by atoms with Gasteiger partial charge < -0.3 is 4.79 Å². The second kappa shape index (κ2) is 5.91. The van der Waals surface area contributed by atoms with E-state index in [0.717, 1.165) is 25.5 Å². The third-order valence-corrected chi connectivity index (χ3v) is 1.88. The van der Waals surface area contributed by atoms with E-state index in [1.807, 2.05) is 0 Å². The third-order valence-electron chi connectivity index (χ3n) is 1.88. The van der Waals surface area contributed by atoms with Crippen molar-refractivity contribution < 1.29 is 4.79 Å². The predicted molar refractivity (Wildman–Crippen MR) is 43.9 cm³/mol. The SMILES string of the molecule is CCCCC(C#N)C(C)C=O. The maximum atomic E-state index is 10.3. The average molecular weight is 153 g/mol. The van der Waals surface area contributed by atoms with Crippen LogP contribution in [-0.2, 0) is 4.79 Å². The normalized spacial score (nSPS) is 15.0. The van der Waals surface area contributed by atoms with E-state index in [4.69, 9.17) is 5.26 Å². The highest BCUT2D eigenvalue weighted by atomic mass is 16.1. The van der Waals surface area contributed by atoms with Crippen LogP contribution in [0.25, 0.3) is 0 Å². The van der Waals surface area contributed by atoms with Gasteiger partial charge >= 0.3 is 0 Å². The summed E-state index contributed by atoms with van der Waals surface area (Å²) in [6.07, 6.45) is 3.84. The van der Waals surface area contributed by atoms with E-state index in [-0.39, 0.29) is 11.8 Å². The molecule has 2 unspecified atom stereocenters. The van der Waals surface area contributed by atoms with Gasteiger partial charge in [0.05, 0.1) is 12.0 Å². The molecular formula is C9H15NO. The largest absolute Gasteiger partial charge is 0.303 e. The molecule has 62 valence electrons. The average Bonchev–Trinajstić information content (AvgIpc) is 2.05. The van der Waals surface area contributed by atoms with E-state index >= 15 is 0 Å². The summed E-state index contributed by atoms with van der Waals surface area (Å²) in [5, 5.41) is 8.65. The maximum absolute atomic E-state index is 10.3. The summed E-state index contributed by atoms with van der Waals surface area (Å²) in [6.45, 7) is 3.89. The van der Waals surface area contributed by atoms with E-state index < -0.39 is 0 Å². The molecule has 0 N–H and O–H groups in total. The van der Waals surface area contributed by atoms with Crippen LogP contribution < -0.4 is 0 Å². The fourth-order valence-corrected chi connectivity index (χ4v) is 0.964. The number of rotatable bonds is 5. The van der Waals surface area contributed by atoms with Gasteiger partial charge in [-0.2, -0.15) is 5.26 Å². The Kier molecular flexibility index (Phi) is 5.46. The molecule has 0 saturated heterocycles. The molecule has 0 amide bonds. The number of hydrogen-bond donors (Lipinski definition) is 0. The smallest absolute Gasteiger partial charge is 0.124 e. The minimum Gasteiger partial charge on any atom is -0.303 e. The van der Waals surface area contributed by atoms with Crippen LogP contribution in [0, 0.1) is 23.2 Å². The first-order chi connectivity index (χ1) is 5.26. The van der Waals surface area contributed by atoms with Crippen molar-refractivity contribution in [3.05, 3.63) is 0 Å². The summed E-state index contributed by atoms with van der Waals surface area (Å²) >= 11 is 0. The highest BCUT2D eigenvalue weighted by Crippen LogP contribution is 2.15. The highest BCUT2D eigenvalue weighted by Gasteiger charge is 2.14. The Bertz CT molecular complexity index is 148. The van der Waals surface area contributed by atoms with Crippen molar-refractivity contribution in [2.24, 2.45) is 11.8 Å². The van der Waals surface area contributed by atoms with Crippen LogP contribution in [-0.4, -0.2) is 6.29 Å². The number of nitrogens with zero attached hydrogens (tertiary/aromatic N) is 1. The summed E-state index contributed by atoms with van der Waals surface area (Å²) in [4.78, 5) is 10.3. The molecule has 0 aliphatic rings. The van der Waals surface area contributed by atoms with E-state index in [9.17, 15) is 4.79 Å². The van der Waals surface area contributed by atoms with Crippen LogP contribution in [0.15, 0.2) is 0 Å². The van der Waals surface area contributed by atoms with Gasteiger partial charge in [0, 0.05) is 5.92 Å². The summed E-state index contributed by atoms with van der Waals surface area (Å²) in [5.74, 6) is -0.181. The Morgan fingerprint density at radius 2 is 2.27 bits per heavy atom. The van der Waals surface area contributed by atoms with Crippen molar-refractivity contribution >= 4 is 6.29 Å². The molecule has 0 saturated carbocycles. The number of hydrogen-bond acceptors (Lipinski definition) is 2. The number of nitriles is 1. The standard InChI is InChI=1S/C9H15NO/c1-3-4-5-9(6-10)8(2)7-11/h7-9H,3-5H2,1-2H3. The van der Waals surface area contributed by atoms with Gasteiger partial charge in [-0.05, 0) is 6.42 Å². The monoisotopic (exact) mass is 153 g/mol. The number of carbonyl (C=O) groups is 1. The van der Waals surface area contributed by atoms with Crippen molar-refractivity contribution in [2.75, 3.05) is 0 Å². The Labute approximate surface area is 68.2 Å². The quantitative estimate of drug-likeness (QED) is 0.568. The second-order valence-corrected chi connectivity index (χ2v) is 2.87. The van der Waals surface area contributed by atoms with Crippen LogP contribution in [0.3, 0.4) is 0 Å². The molecule has 2 nitrogen and oxygen atoms in total.